The van der Waals surface area contributed by atoms with Crippen LogP contribution in [0.15, 0.2) is 0 Å². The third-order valence-corrected chi connectivity index (χ3v) is 5.96. The quantitative estimate of drug-likeness (QED) is 0.740. The lowest BCUT2D eigenvalue weighted by Gasteiger charge is -2.32. The first-order chi connectivity index (χ1) is 11.7. The van der Waals surface area contributed by atoms with Crippen molar-refractivity contribution in [2.45, 2.75) is 88.9 Å². The minimum atomic E-state index is -0.359. The van der Waals surface area contributed by atoms with Crippen LogP contribution in [0.3, 0.4) is 0 Å². The molecule has 1 aliphatic heterocycles. The lowest BCUT2D eigenvalue weighted by atomic mass is 9.88. The number of amides is 1. The SMILES string of the molecule is CO[C@@H]1CCC[C@@H](OC(=O)[C@@H]2CCCN2C(=O)C2CCCCC2)C1. The van der Waals surface area contributed by atoms with E-state index in [2.05, 4.69) is 0 Å². The molecular formula is C19H31NO4. The van der Waals surface area contributed by atoms with Crippen LogP contribution in [0.2, 0.25) is 0 Å². The highest BCUT2D eigenvalue weighted by molar-refractivity contribution is 5.86. The molecule has 0 aromatic carbocycles. The lowest BCUT2D eigenvalue weighted by molar-refractivity contribution is -0.162. The summed E-state index contributed by atoms with van der Waals surface area (Å²) in [7, 11) is 1.72. The molecule has 0 spiro atoms. The third kappa shape index (κ3) is 4.11. The van der Waals surface area contributed by atoms with E-state index in [1.807, 2.05) is 4.90 Å². The number of likely N-dealkylation sites (tertiary alicyclic amines) is 1. The van der Waals surface area contributed by atoms with Gasteiger partial charge in [-0.15, -0.1) is 0 Å². The summed E-state index contributed by atoms with van der Waals surface area (Å²) in [5.41, 5.74) is 0. The average molecular weight is 337 g/mol. The zero-order valence-electron chi connectivity index (χ0n) is 14.9. The Bertz CT molecular complexity index is 447. The first-order valence-corrected chi connectivity index (χ1v) is 9.73. The van der Waals surface area contributed by atoms with E-state index in [0.29, 0.717) is 6.54 Å². The predicted octanol–water partition coefficient (Wildman–Crippen LogP) is 3.06. The van der Waals surface area contributed by atoms with E-state index in [9.17, 15) is 9.59 Å². The van der Waals surface area contributed by atoms with Crippen LogP contribution in [0.4, 0.5) is 0 Å². The number of hydrogen-bond donors (Lipinski definition) is 0. The molecule has 5 heteroatoms. The Labute approximate surface area is 145 Å². The Morgan fingerprint density at radius 2 is 1.62 bits per heavy atom. The van der Waals surface area contributed by atoms with Crippen molar-refractivity contribution in [1.29, 1.82) is 0 Å². The van der Waals surface area contributed by atoms with Crippen LogP contribution in [0, 0.1) is 5.92 Å². The normalized spacial score (nSPS) is 31.9. The zero-order valence-corrected chi connectivity index (χ0v) is 14.9. The van der Waals surface area contributed by atoms with Crippen LogP contribution in [-0.4, -0.2) is 48.7 Å². The van der Waals surface area contributed by atoms with Crippen molar-refractivity contribution in [3.05, 3.63) is 0 Å². The molecule has 0 aromatic rings. The molecule has 5 nitrogen and oxygen atoms in total. The number of hydrogen-bond acceptors (Lipinski definition) is 4. The fraction of sp³-hybridized carbons (Fsp3) is 0.895. The van der Waals surface area contributed by atoms with Gasteiger partial charge in [0.1, 0.15) is 12.1 Å². The summed E-state index contributed by atoms with van der Waals surface area (Å²) in [4.78, 5) is 27.3. The van der Waals surface area contributed by atoms with E-state index in [4.69, 9.17) is 9.47 Å². The van der Waals surface area contributed by atoms with Gasteiger partial charge in [0.15, 0.2) is 0 Å². The summed E-state index contributed by atoms with van der Waals surface area (Å²) >= 11 is 0. The Balaban J connectivity index is 1.56. The first kappa shape index (κ1) is 17.7. The van der Waals surface area contributed by atoms with E-state index >= 15 is 0 Å². The standard InChI is InChI=1S/C19H31NO4/c1-23-15-9-5-10-16(13-15)24-19(22)17-11-6-12-20(17)18(21)14-7-3-2-4-8-14/h14-17H,2-13H2,1H3/t15-,16-,17+/m1/s1. The number of esters is 1. The van der Waals surface area contributed by atoms with E-state index in [0.717, 1.165) is 64.2 Å². The molecule has 2 saturated carbocycles. The van der Waals surface area contributed by atoms with E-state index in [1.165, 1.54) is 6.42 Å². The van der Waals surface area contributed by atoms with Crippen LogP contribution in [-0.2, 0) is 19.1 Å². The molecule has 3 aliphatic rings. The molecule has 136 valence electrons. The maximum absolute atomic E-state index is 12.8. The second kappa shape index (κ2) is 8.32. The van der Waals surface area contributed by atoms with Crippen molar-refractivity contribution in [3.63, 3.8) is 0 Å². The van der Waals surface area contributed by atoms with Gasteiger partial charge in [-0.25, -0.2) is 4.79 Å². The van der Waals surface area contributed by atoms with Gasteiger partial charge >= 0.3 is 5.97 Å². The summed E-state index contributed by atoms with van der Waals surface area (Å²) in [6, 6.07) is -0.359. The van der Waals surface area contributed by atoms with Crippen molar-refractivity contribution < 1.29 is 19.1 Å². The van der Waals surface area contributed by atoms with Crippen LogP contribution in [0.5, 0.6) is 0 Å². The van der Waals surface area contributed by atoms with Gasteiger partial charge in [0, 0.05) is 26.0 Å². The van der Waals surface area contributed by atoms with Crippen molar-refractivity contribution in [2.75, 3.05) is 13.7 Å². The van der Waals surface area contributed by atoms with Gasteiger partial charge in [0.2, 0.25) is 5.91 Å². The fourth-order valence-corrected chi connectivity index (χ4v) is 4.53. The van der Waals surface area contributed by atoms with E-state index in [1.54, 1.807) is 7.11 Å². The van der Waals surface area contributed by atoms with Gasteiger partial charge in [-0.05, 0) is 44.9 Å². The highest BCUT2D eigenvalue weighted by Gasteiger charge is 2.39. The summed E-state index contributed by atoms with van der Waals surface area (Å²) in [5.74, 6) is 0.116. The Morgan fingerprint density at radius 1 is 0.875 bits per heavy atom. The number of methoxy groups -OCH3 is 1. The second-order valence-electron chi connectivity index (χ2n) is 7.61. The van der Waals surface area contributed by atoms with Crippen LogP contribution in [0.1, 0.15) is 70.6 Å². The second-order valence-corrected chi connectivity index (χ2v) is 7.61. The van der Waals surface area contributed by atoms with Gasteiger partial charge in [-0.2, -0.15) is 0 Å². The topological polar surface area (TPSA) is 55.8 Å². The molecule has 3 fully saturated rings. The molecule has 0 N–H and O–H groups in total. The Hall–Kier alpha value is -1.10. The minimum Gasteiger partial charge on any atom is -0.461 e. The highest BCUT2D eigenvalue weighted by atomic mass is 16.5. The third-order valence-electron chi connectivity index (χ3n) is 5.96. The molecule has 3 rings (SSSR count). The summed E-state index contributed by atoms with van der Waals surface area (Å²) in [6.07, 6.45) is 11.0. The Morgan fingerprint density at radius 3 is 2.38 bits per heavy atom. The molecule has 2 aliphatic carbocycles. The molecular weight excluding hydrogens is 306 g/mol. The first-order valence-electron chi connectivity index (χ1n) is 9.73. The number of ether oxygens (including phenoxy) is 2. The monoisotopic (exact) mass is 337 g/mol. The average Bonchev–Trinajstić information content (AvgIpc) is 3.12. The van der Waals surface area contributed by atoms with Crippen LogP contribution in [0.25, 0.3) is 0 Å². The number of carbonyl (C=O) groups is 2. The molecule has 0 aromatic heterocycles. The maximum atomic E-state index is 12.8. The van der Waals surface area contributed by atoms with Gasteiger partial charge in [-0.3, -0.25) is 4.79 Å². The van der Waals surface area contributed by atoms with Crippen molar-refractivity contribution >= 4 is 11.9 Å². The van der Waals surface area contributed by atoms with Gasteiger partial charge in [0.25, 0.3) is 0 Å². The molecule has 0 bridgehead atoms. The highest BCUT2D eigenvalue weighted by Crippen LogP contribution is 2.30. The fourth-order valence-electron chi connectivity index (χ4n) is 4.53. The summed E-state index contributed by atoms with van der Waals surface area (Å²) in [6.45, 7) is 0.709. The summed E-state index contributed by atoms with van der Waals surface area (Å²) in [5, 5.41) is 0. The molecule has 24 heavy (non-hydrogen) atoms. The van der Waals surface area contributed by atoms with Crippen molar-refractivity contribution in [3.8, 4) is 0 Å². The largest absolute Gasteiger partial charge is 0.461 e. The van der Waals surface area contributed by atoms with Gasteiger partial charge in [0.05, 0.1) is 6.10 Å². The number of rotatable bonds is 4. The Kier molecular flexibility index (Phi) is 6.14. The van der Waals surface area contributed by atoms with Crippen molar-refractivity contribution in [1.82, 2.24) is 4.90 Å². The lowest BCUT2D eigenvalue weighted by Crippen LogP contribution is -2.45. The molecule has 3 atom stereocenters. The van der Waals surface area contributed by atoms with Gasteiger partial charge < -0.3 is 14.4 Å². The minimum absolute atomic E-state index is 0.0524. The van der Waals surface area contributed by atoms with Crippen LogP contribution < -0.4 is 0 Å². The summed E-state index contributed by atoms with van der Waals surface area (Å²) < 4.78 is 11.2. The molecule has 1 amide bonds. The molecule has 0 radical (unpaired) electrons. The predicted molar refractivity (Wildman–Crippen MR) is 90.5 cm³/mol. The number of nitrogens with zero attached hydrogens (tertiary/aromatic N) is 1. The molecule has 0 unspecified atom stereocenters. The van der Waals surface area contributed by atoms with E-state index < -0.39 is 0 Å². The van der Waals surface area contributed by atoms with Crippen LogP contribution >= 0.6 is 0 Å². The van der Waals surface area contributed by atoms with Gasteiger partial charge in [-0.1, -0.05) is 19.3 Å². The van der Waals surface area contributed by atoms with E-state index in [-0.39, 0.29) is 36.0 Å². The molecule has 1 saturated heterocycles. The number of carbonyl (C=O) groups excluding carboxylic acids is 2. The molecule has 1 heterocycles. The zero-order chi connectivity index (χ0) is 16.9. The smallest absolute Gasteiger partial charge is 0.329 e. The van der Waals surface area contributed by atoms with Crippen molar-refractivity contribution in [2.24, 2.45) is 5.92 Å². The maximum Gasteiger partial charge on any atom is 0.329 e.